The Kier molecular flexibility index (Phi) is 4.12. The maximum Gasteiger partial charge on any atom is 0.317 e. The lowest BCUT2D eigenvalue weighted by atomic mass is 10.0. The fourth-order valence-corrected chi connectivity index (χ4v) is 2.26. The predicted molar refractivity (Wildman–Crippen MR) is 69.0 cm³/mol. The third-order valence-corrected chi connectivity index (χ3v) is 3.20. The molecule has 0 saturated carbocycles. The molecule has 0 spiro atoms. The molecule has 2 rings (SSSR count). The summed E-state index contributed by atoms with van der Waals surface area (Å²) in [6, 6.07) is 1.84. The quantitative estimate of drug-likeness (QED) is 0.867. The van der Waals surface area contributed by atoms with E-state index >= 15 is 0 Å². The molecular formula is C13H20N4O. The van der Waals surface area contributed by atoms with E-state index in [0.29, 0.717) is 12.5 Å². The van der Waals surface area contributed by atoms with Gasteiger partial charge in [-0.2, -0.15) is 0 Å². The van der Waals surface area contributed by atoms with E-state index in [-0.39, 0.29) is 6.03 Å². The van der Waals surface area contributed by atoms with Crippen molar-refractivity contribution in [1.29, 1.82) is 0 Å². The highest BCUT2D eigenvalue weighted by molar-refractivity contribution is 5.74. The SMILES string of the molecule is Cc1nccc(CNC(=O)N2CCCC(C)C2)n1. The Morgan fingerprint density at radius 1 is 1.61 bits per heavy atom. The largest absolute Gasteiger partial charge is 0.332 e. The summed E-state index contributed by atoms with van der Waals surface area (Å²) < 4.78 is 0. The molecule has 18 heavy (non-hydrogen) atoms. The van der Waals surface area contributed by atoms with Crippen LogP contribution >= 0.6 is 0 Å². The number of carbonyl (C=O) groups is 1. The van der Waals surface area contributed by atoms with E-state index in [1.54, 1.807) is 6.20 Å². The van der Waals surface area contributed by atoms with Crippen molar-refractivity contribution in [2.75, 3.05) is 13.1 Å². The van der Waals surface area contributed by atoms with Gasteiger partial charge in [0.1, 0.15) is 5.82 Å². The summed E-state index contributed by atoms with van der Waals surface area (Å²) in [5.74, 6) is 1.33. The Morgan fingerprint density at radius 3 is 3.17 bits per heavy atom. The van der Waals surface area contributed by atoms with Crippen molar-refractivity contribution < 1.29 is 4.79 Å². The van der Waals surface area contributed by atoms with Gasteiger partial charge >= 0.3 is 6.03 Å². The zero-order valence-corrected chi connectivity index (χ0v) is 11.0. The Hall–Kier alpha value is -1.65. The van der Waals surface area contributed by atoms with E-state index < -0.39 is 0 Å². The number of hydrogen-bond acceptors (Lipinski definition) is 3. The lowest BCUT2D eigenvalue weighted by molar-refractivity contribution is 0.169. The molecule has 1 unspecified atom stereocenters. The maximum absolute atomic E-state index is 12.0. The van der Waals surface area contributed by atoms with Gasteiger partial charge < -0.3 is 10.2 Å². The molecule has 1 aromatic heterocycles. The van der Waals surface area contributed by atoms with E-state index in [0.717, 1.165) is 31.0 Å². The molecule has 1 fully saturated rings. The van der Waals surface area contributed by atoms with Crippen molar-refractivity contribution in [3.8, 4) is 0 Å². The van der Waals surface area contributed by atoms with Crippen LogP contribution in [0.15, 0.2) is 12.3 Å². The second-order valence-corrected chi connectivity index (χ2v) is 4.95. The Balaban J connectivity index is 1.84. The zero-order valence-electron chi connectivity index (χ0n) is 11.0. The van der Waals surface area contributed by atoms with Crippen LogP contribution in [0.2, 0.25) is 0 Å². The zero-order chi connectivity index (χ0) is 13.0. The number of carbonyl (C=O) groups excluding carboxylic acids is 1. The molecule has 2 heterocycles. The predicted octanol–water partition coefficient (Wildman–Crippen LogP) is 1.73. The molecule has 1 saturated heterocycles. The van der Waals surface area contributed by atoms with Crippen LogP contribution in [0.25, 0.3) is 0 Å². The molecule has 1 N–H and O–H groups in total. The van der Waals surface area contributed by atoms with Gasteiger partial charge in [0, 0.05) is 19.3 Å². The Bertz CT molecular complexity index is 421. The average molecular weight is 248 g/mol. The highest BCUT2D eigenvalue weighted by Gasteiger charge is 2.20. The van der Waals surface area contributed by atoms with Crippen LogP contribution in [0.5, 0.6) is 0 Å². The third kappa shape index (κ3) is 3.42. The first-order valence-corrected chi connectivity index (χ1v) is 6.46. The first kappa shape index (κ1) is 12.8. The van der Waals surface area contributed by atoms with Gasteiger partial charge in [-0.3, -0.25) is 0 Å². The summed E-state index contributed by atoms with van der Waals surface area (Å²) >= 11 is 0. The van der Waals surface area contributed by atoms with Gasteiger partial charge in [-0.15, -0.1) is 0 Å². The van der Waals surface area contributed by atoms with Crippen molar-refractivity contribution in [3.05, 3.63) is 23.8 Å². The van der Waals surface area contributed by atoms with Gasteiger partial charge in [0.15, 0.2) is 0 Å². The molecule has 1 aliphatic heterocycles. The fraction of sp³-hybridized carbons (Fsp3) is 0.615. The standard InChI is InChI=1S/C13H20N4O/c1-10-4-3-7-17(9-10)13(18)15-8-12-5-6-14-11(2)16-12/h5-6,10H,3-4,7-9H2,1-2H3,(H,15,18). The molecule has 0 radical (unpaired) electrons. The lowest BCUT2D eigenvalue weighted by Crippen LogP contribution is -2.44. The minimum absolute atomic E-state index is 0.0119. The van der Waals surface area contributed by atoms with Gasteiger partial charge in [-0.25, -0.2) is 14.8 Å². The summed E-state index contributed by atoms with van der Waals surface area (Å²) in [7, 11) is 0. The molecule has 5 heteroatoms. The van der Waals surface area contributed by atoms with E-state index in [9.17, 15) is 4.79 Å². The van der Waals surface area contributed by atoms with Crippen LogP contribution in [-0.4, -0.2) is 34.0 Å². The number of nitrogens with zero attached hydrogens (tertiary/aromatic N) is 3. The van der Waals surface area contributed by atoms with Crippen molar-refractivity contribution in [2.24, 2.45) is 5.92 Å². The number of aromatic nitrogens is 2. The highest BCUT2D eigenvalue weighted by atomic mass is 16.2. The number of rotatable bonds is 2. The minimum Gasteiger partial charge on any atom is -0.332 e. The maximum atomic E-state index is 12.0. The number of urea groups is 1. The topological polar surface area (TPSA) is 58.1 Å². The molecule has 0 bridgehead atoms. The first-order valence-electron chi connectivity index (χ1n) is 6.46. The monoisotopic (exact) mass is 248 g/mol. The number of nitrogens with one attached hydrogen (secondary N) is 1. The second-order valence-electron chi connectivity index (χ2n) is 4.95. The van der Waals surface area contributed by atoms with Crippen LogP contribution in [0.3, 0.4) is 0 Å². The third-order valence-electron chi connectivity index (χ3n) is 3.20. The van der Waals surface area contributed by atoms with Crippen LogP contribution in [-0.2, 0) is 6.54 Å². The van der Waals surface area contributed by atoms with E-state index in [1.807, 2.05) is 17.9 Å². The van der Waals surface area contributed by atoms with Crippen molar-refractivity contribution in [3.63, 3.8) is 0 Å². The molecule has 98 valence electrons. The number of amides is 2. The minimum atomic E-state index is 0.0119. The van der Waals surface area contributed by atoms with Crippen LogP contribution in [0.4, 0.5) is 4.79 Å². The first-order chi connectivity index (χ1) is 8.65. The molecule has 1 aromatic rings. The van der Waals surface area contributed by atoms with Gasteiger partial charge in [-0.1, -0.05) is 6.92 Å². The Morgan fingerprint density at radius 2 is 2.44 bits per heavy atom. The molecule has 5 nitrogen and oxygen atoms in total. The van der Waals surface area contributed by atoms with Gasteiger partial charge in [-0.05, 0) is 31.7 Å². The number of hydrogen-bond donors (Lipinski definition) is 1. The fourth-order valence-electron chi connectivity index (χ4n) is 2.26. The van der Waals surface area contributed by atoms with Crippen molar-refractivity contribution in [2.45, 2.75) is 33.2 Å². The van der Waals surface area contributed by atoms with E-state index in [4.69, 9.17) is 0 Å². The van der Waals surface area contributed by atoms with E-state index in [1.165, 1.54) is 6.42 Å². The molecule has 2 amide bonds. The van der Waals surface area contributed by atoms with Crippen molar-refractivity contribution >= 4 is 6.03 Å². The summed E-state index contributed by atoms with van der Waals surface area (Å²) in [5, 5.41) is 2.91. The number of likely N-dealkylation sites (tertiary alicyclic amines) is 1. The highest BCUT2D eigenvalue weighted by Crippen LogP contribution is 2.15. The smallest absolute Gasteiger partial charge is 0.317 e. The molecule has 0 aromatic carbocycles. The van der Waals surface area contributed by atoms with Crippen LogP contribution in [0, 0.1) is 12.8 Å². The van der Waals surface area contributed by atoms with Gasteiger partial charge in [0.2, 0.25) is 0 Å². The van der Waals surface area contributed by atoms with Gasteiger partial charge in [0.05, 0.1) is 12.2 Å². The second kappa shape index (κ2) is 5.80. The number of piperidine rings is 1. The Labute approximate surface area is 108 Å². The summed E-state index contributed by atoms with van der Waals surface area (Å²) in [5.41, 5.74) is 0.848. The normalized spacial score (nSPS) is 19.7. The lowest BCUT2D eigenvalue weighted by Gasteiger charge is -2.30. The molecule has 0 aliphatic carbocycles. The summed E-state index contributed by atoms with van der Waals surface area (Å²) in [6.45, 7) is 6.21. The van der Waals surface area contributed by atoms with Crippen molar-refractivity contribution in [1.82, 2.24) is 20.2 Å². The molecular weight excluding hydrogens is 228 g/mol. The van der Waals surface area contributed by atoms with Crippen LogP contribution in [0.1, 0.15) is 31.3 Å². The van der Waals surface area contributed by atoms with E-state index in [2.05, 4.69) is 22.2 Å². The number of aryl methyl sites for hydroxylation is 1. The molecule has 1 aliphatic rings. The molecule has 1 atom stereocenters. The summed E-state index contributed by atoms with van der Waals surface area (Å²) in [6.07, 6.45) is 4.03. The summed E-state index contributed by atoms with van der Waals surface area (Å²) in [4.78, 5) is 22.2. The van der Waals surface area contributed by atoms with Crippen LogP contribution < -0.4 is 5.32 Å². The average Bonchev–Trinajstić information content (AvgIpc) is 2.36. The van der Waals surface area contributed by atoms with Gasteiger partial charge in [0.25, 0.3) is 0 Å².